The van der Waals surface area contributed by atoms with E-state index in [4.69, 9.17) is 0 Å². The molecule has 3 heteroatoms. The van der Waals surface area contributed by atoms with Crippen molar-refractivity contribution in [2.75, 3.05) is 31.6 Å². The number of likely N-dealkylation sites (tertiary alicyclic amines) is 1. The lowest BCUT2D eigenvalue weighted by Crippen LogP contribution is -2.43. The number of piperidine rings is 1. The quantitative estimate of drug-likeness (QED) is 0.759. The summed E-state index contributed by atoms with van der Waals surface area (Å²) in [6.07, 6.45) is 4.38. The first-order chi connectivity index (χ1) is 9.18. The van der Waals surface area contributed by atoms with E-state index in [0.717, 1.165) is 51.0 Å². The maximum atomic E-state index is 11.3. The van der Waals surface area contributed by atoms with Crippen molar-refractivity contribution in [3.63, 3.8) is 0 Å². The molecule has 0 N–H and O–H groups in total. The van der Waals surface area contributed by atoms with Crippen molar-refractivity contribution in [3.05, 3.63) is 29.3 Å². The first kappa shape index (κ1) is 12.7. The van der Waals surface area contributed by atoms with Gasteiger partial charge in [0.05, 0.1) is 0 Å². The highest BCUT2D eigenvalue weighted by atomic mass is 16.1. The summed E-state index contributed by atoms with van der Waals surface area (Å²) in [4.78, 5) is 15.6. The lowest BCUT2D eigenvalue weighted by molar-refractivity contribution is -0.107. The SMILES string of the molecule is CCc1ccc2c(c1)C1(CCN(C)CC1)CN2C=O. The Kier molecular flexibility index (Phi) is 3.09. The third-order valence-corrected chi connectivity index (χ3v) is 4.89. The lowest BCUT2D eigenvalue weighted by atomic mass is 9.74. The van der Waals surface area contributed by atoms with E-state index in [-0.39, 0.29) is 5.41 Å². The van der Waals surface area contributed by atoms with Crippen LogP contribution in [0.15, 0.2) is 18.2 Å². The van der Waals surface area contributed by atoms with Crippen molar-refractivity contribution in [1.29, 1.82) is 0 Å². The molecule has 2 aliphatic heterocycles. The standard InChI is InChI=1S/C16H22N2O/c1-3-13-4-5-15-14(10-13)16(11-18(15)12-19)6-8-17(2)9-7-16/h4-5,10,12H,3,6-9,11H2,1-2H3. The zero-order valence-corrected chi connectivity index (χ0v) is 11.9. The van der Waals surface area contributed by atoms with Gasteiger partial charge in [0.2, 0.25) is 6.41 Å². The Morgan fingerprint density at radius 2 is 2.05 bits per heavy atom. The molecule has 102 valence electrons. The van der Waals surface area contributed by atoms with Gasteiger partial charge < -0.3 is 9.80 Å². The highest BCUT2D eigenvalue weighted by Gasteiger charge is 2.44. The highest BCUT2D eigenvalue weighted by Crippen LogP contribution is 2.46. The minimum atomic E-state index is 0.202. The van der Waals surface area contributed by atoms with Crippen LogP contribution < -0.4 is 4.90 Å². The van der Waals surface area contributed by atoms with E-state index in [0.29, 0.717) is 0 Å². The van der Waals surface area contributed by atoms with Crippen LogP contribution in [0.3, 0.4) is 0 Å². The number of carbonyl (C=O) groups is 1. The van der Waals surface area contributed by atoms with Gasteiger partial charge >= 0.3 is 0 Å². The van der Waals surface area contributed by atoms with Gasteiger partial charge in [0.1, 0.15) is 0 Å². The minimum Gasteiger partial charge on any atom is -0.314 e. The average molecular weight is 258 g/mol. The summed E-state index contributed by atoms with van der Waals surface area (Å²) in [5, 5.41) is 0. The average Bonchev–Trinajstić information content (AvgIpc) is 2.76. The van der Waals surface area contributed by atoms with Crippen molar-refractivity contribution in [1.82, 2.24) is 4.90 Å². The van der Waals surface area contributed by atoms with Gasteiger partial charge in [-0.25, -0.2) is 0 Å². The summed E-state index contributed by atoms with van der Waals surface area (Å²) in [7, 11) is 2.18. The number of hydrogen-bond acceptors (Lipinski definition) is 2. The molecule has 0 bridgehead atoms. The molecular formula is C16H22N2O. The second-order valence-electron chi connectivity index (χ2n) is 6.02. The van der Waals surface area contributed by atoms with Gasteiger partial charge in [0.15, 0.2) is 0 Å². The van der Waals surface area contributed by atoms with Crippen LogP contribution >= 0.6 is 0 Å². The molecule has 0 aromatic heterocycles. The predicted octanol–water partition coefficient (Wildman–Crippen LogP) is 2.19. The summed E-state index contributed by atoms with van der Waals surface area (Å²) in [5.74, 6) is 0. The van der Waals surface area contributed by atoms with E-state index in [1.165, 1.54) is 11.1 Å². The van der Waals surface area contributed by atoms with Gasteiger partial charge in [-0.3, -0.25) is 4.79 Å². The Hall–Kier alpha value is -1.35. The summed E-state index contributed by atoms with van der Waals surface area (Å²) < 4.78 is 0. The van der Waals surface area contributed by atoms with Crippen LogP contribution in [0.2, 0.25) is 0 Å². The van der Waals surface area contributed by atoms with Crippen molar-refractivity contribution in [2.45, 2.75) is 31.6 Å². The van der Waals surface area contributed by atoms with Crippen LogP contribution in [0.1, 0.15) is 30.9 Å². The normalized spacial score (nSPS) is 21.7. The summed E-state index contributed by atoms with van der Waals surface area (Å²) in [6, 6.07) is 6.63. The molecule has 2 heterocycles. The van der Waals surface area contributed by atoms with Crippen molar-refractivity contribution < 1.29 is 4.79 Å². The van der Waals surface area contributed by atoms with E-state index in [1.807, 2.05) is 4.90 Å². The zero-order valence-electron chi connectivity index (χ0n) is 11.9. The number of rotatable bonds is 2. The van der Waals surface area contributed by atoms with Gasteiger partial charge in [-0.05, 0) is 56.6 Å². The second kappa shape index (κ2) is 4.64. The highest BCUT2D eigenvalue weighted by molar-refractivity contribution is 5.81. The molecule has 0 radical (unpaired) electrons. The third-order valence-electron chi connectivity index (χ3n) is 4.89. The maximum Gasteiger partial charge on any atom is 0.214 e. The van der Waals surface area contributed by atoms with Crippen LogP contribution in [-0.2, 0) is 16.6 Å². The lowest BCUT2D eigenvalue weighted by Gasteiger charge is -2.38. The number of carbonyl (C=O) groups excluding carboxylic acids is 1. The molecule has 0 unspecified atom stereocenters. The van der Waals surface area contributed by atoms with E-state index >= 15 is 0 Å². The van der Waals surface area contributed by atoms with Crippen LogP contribution in [-0.4, -0.2) is 38.0 Å². The monoisotopic (exact) mass is 258 g/mol. The molecule has 1 amide bonds. The topological polar surface area (TPSA) is 23.6 Å². The fourth-order valence-corrected chi connectivity index (χ4v) is 3.54. The smallest absolute Gasteiger partial charge is 0.214 e. The fraction of sp³-hybridized carbons (Fsp3) is 0.562. The van der Waals surface area contributed by atoms with Crippen molar-refractivity contribution >= 4 is 12.1 Å². The molecule has 1 aromatic rings. The molecule has 1 fully saturated rings. The Balaban J connectivity index is 2.03. The Labute approximate surface area is 115 Å². The fourth-order valence-electron chi connectivity index (χ4n) is 3.54. The Morgan fingerprint density at radius 3 is 2.68 bits per heavy atom. The van der Waals surface area contributed by atoms with Gasteiger partial charge in [-0.2, -0.15) is 0 Å². The number of fused-ring (bicyclic) bond motifs is 2. The molecule has 0 aliphatic carbocycles. The molecule has 1 saturated heterocycles. The molecule has 0 saturated carbocycles. The van der Waals surface area contributed by atoms with Crippen LogP contribution in [0, 0.1) is 0 Å². The Bertz CT molecular complexity index is 490. The zero-order chi connectivity index (χ0) is 13.5. The van der Waals surface area contributed by atoms with E-state index < -0.39 is 0 Å². The summed E-state index contributed by atoms with van der Waals surface area (Å²) in [5.41, 5.74) is 4.13. The first-order valence-electron chi connectivity index (χ1n) is 7.22. The molecule has 3 nitrogen and oxygen atoms in total. The van der Waals surface area contributed by atoms with Gasteiger partial charge in [0.25, 0.3) is 0 Å². The Morgan fingerprint density at radius 1 is 1.32 bits per heavy atom. The molecule has 2 aliphatic rings. The number of hydrogen-bond donors (Lipinski definition) is 0. The van der Waals surface area contributed by atoms with Gasteiger partial charge in [-0.1, -0.05) is 19.1 Å². The maximum absolute atomic E-state index is 11.3. The van der Waals surface area contributed by atoms with E-state index in [1.54, 1.807) is 0 Å². The molecular weight excluding hydrogens is 236 g/mol. The number of benzene rings is 1. The molecule has 1 aromatic carbocycles. The summed E-state index contributed by atoms with van der Waals surface area (Å²) >= 11 is 0. The van der Waals surface area contributed by atoms with Crippen molar-refractivity contribution in [2.24, 2.45) is 0 Å². The van der Waals surface area contributed by atoms with Gasteiger partial charge in [-0.15, -0.1) is 0 Å². The minimum absolute atomic E-state index is 0.202. The van der Waals surface area contributed by atoms with Crippen LogP contribution in [0.5, 0.6) is 0 Å². The third kappa shape index (κ3) is 1.96. The summed E-state index contributed by atoms with van der Waals surface area (Å²) in [6.45, 7) is 5.31. The van der Waals surface area contributed by atoms with Crippen LogP contribution in [0.4, 0.5) is 5.69 Å². The van der Waals surface area contributed by atoms with Crippen LogP contribution in [0.25, 0.3) is 0 Å². The number of aryl methyl sites for hydroxylation is 1. The van der Waals surface area contributed by atoms with Gasteiger partial charge in [0, 0.05) is 17.6 Å². The second-order valence-corrected chi connectivity index (χ2v) is 6.02. The largest absolute Gasteiger partial charge is 0.314 e. The molecule has 19 heavy (non-hydrogen) atoms. The number of anilines is 1. The number of amides is 1. The van der Waals surface area contributed by atoms with E-state index in [2.05, 4.69) is 37.1 Å². The van der Waals surface area contributed by atoms with Crippen molar-refractivity contribution in [3.8, 4) is 0 Å². The molecule has 3 rings (SSSR count). The van der Waals surface area contributed by atoms with E-state index in [9.17, 15) is 4.79 Å². The first-order valence-corrected chi connectivity index (χ1v) is 7.22. The predicted molar refractivity (Wildman–Crippen MR) is 77.6 cm³/mol. The molecule has 0 atom stereocenters. The number of nitrogens with zero attached hydrogens (tertiary/aromatic N) is 2. The molecule has 1 spiro atoms.